The van der Waals surface area contributed by atoms with Crippen molar-refractivity contribution in [3.8, 4) is 5.69 Å². The number of hydrogen-bond donors (Lipinski definition) is 2. The zero-order valence-corrected chi connectivity index (χ0v) is 10.1. The van der Waals surface area contributed by atoms with Crippen molar-refractivity contribution in [2.45, 2.75) is 19.9 Å². The molecular formula is C13H17N3O. The maximum Gasteiger partial charge on any atom is 0.0648 e. The van der Waals surface area contributed by atoms with Crippen LogP contribution in [0.1, 0.15) is 23.0 Å². The van der Waals surface area contributed by atoms with Gasteiger partial charge in [-0.05, 0) is 37.6 Å². The summed E-state index contributed by atoms with van der Waals surface area (Å²) >= 11 is 0. The van der Waals surface area contributed by atoms with E-state index < -0.39 is 0 Å². The number of hydrogen-bond acceptors (Lipinski definition) is 3. The summed E-state index contributed by atoms with van der Waals surface area (Å²) in [7, 11) is 0. The molecule has 1 aromatic carbocycles. The number of aliphatic hydroxyl groups is 1. The van der Waals surface area contributed by atoms with E-state index in [-0.39, 0.29) is 12.6 Å². The highest BCUT2D eigenvalue weighted by Gasteiger charge is 2.06. The van der Waals surface area contributed by atoms with Gasteiger partial charge in [0.05, 0.1) is 24.0 Å². The minimum Gasteiger partial charge on any atom is -0.394 e. The molecule has 2 aromatic rings. The van der Waals surface area contributed by atoms with Crippen molar-refractivity contribution in [2.75, 3.05) is 6.61 Å². The predicted octanol–water partition coefficient (Wildman–Crippen LogP) is 1.48. The van der Waals surface area contributed by atoms with Crippen LogP contribution in [0.4, 0.5) is 0 Å². The Balaban J connectivity index is 2.32. The van der Waals surface area contributed by atoms with E-state index in [9.17, 15) is 0 Å². The molecule has 1 atom stereocenters. The SMILES string of the molecule is Cc1cc(C)n(-c2ccc([C@@H](N)CO)cc2)n1. The zero-order valence-electron chi connectivity index (χ0n) is 10.1. The zero-order chi connectivity index (χ0) is 12.4. The van der Waals surface area contributed by atoms with Crippen molar-refractivity contribution in [3.05, 3.63) is 47.3 Å². The van der Waals surface area contributed by atoms with Crippen LogP contribution in [0.25, 0.3) is 5.69 Å². The number of benzene rings is 1. The third-order valence-electron chi connectivity index (χ3n) is 2.77. The number of nitrogens with zero attached hydrogens (tertiary/aromatic N) is 2. The molecule has 0 saturated carbocycles. The Morgan fingerprint density at radius 1 is 1.29 bits per heavy atom. The van der Waals surface area contributed by atoms with E-state index in [1.165, 1.54) is 0 Å². The first kappa shape index (κ1) is 11.8. The fourth-order valence-corrected chi connectivity index (χ4v) is 1.86. The van der Waals surface area contributed by atoms with Gasteiger partial charge in [-0.25, -0.2) is 4.68 Å². The van der Waals surface area contributed by atoms with Gasteiger partial charge in [-0.1, -0.05) is 12.1 Å². The lowest BCUT2D eigenvalue weighted by molar-refractivity contribution is 0.268. The van der Waals surface area contributed by atoms with E-state index in [0.717, 1.165) is 22.6 Å². The molecule has 0 spiro atoms. The topological polar surface area (TPSA) is 64.1 Å². The lowest BCUT2D eigenvalue weighted by Crippen LogP contribution is -2.14. The van der Waals surface area contributed by atoms with Crippen LogP contribution in [0.5, 0.6) is 0 Å². The summed E-state index contributed by atoms with van der Waals surface area (Å²) in [5, 5.41) is 13.4. The van der Waals surface area contributed by atoms with E-state index in [1.807, 2.05) is 48.9 Å². The van der Waals surface area contributed by atoms with Gasteiger partial charge in [0.15, 0.2) is 0 Å². The number of aromatic nitrogens is 2. The first-order chi connectivity index (χ1) is 8.11. The van der Waals surface area contributed by atoms with Crippen molar-refractivity contribution >= 4 is 0 Å². The highest BCUT2D eigenvalue weighted by molar-refractivity contribution is 5.36. The van der Waals surface area contributed by atoms with Gasteiger partial charge < -0.3 is 10.8 Å². The molecule has 0 fully saturated rings. The Morgan fingerprint density at radius 3 is 2.41 bits per heavy atom. The van der Waals surface area contributed by atoms with Gasteiger partial charge in [0.25, 0.3) is 0 Å². The average Bonchev–Trinajstić information content (AvgIpc) is 2.68. The number of rotatable bonds is 3. The summed E-state index contributed by atoms with van der Waals surface area (Å²) in [5.41, 5.74) is 9.77. The van der Waals surface area contributed by atoms with E-state index in [0.29, 0.717) is 0 Å². The van der Waals surface area contributed by atoms with Crippen LogP contribution in [0, 0.1) is 13.8 Å². The summed E-state index contributed by atoms with van der Waals surface area (Å²) in [6, 6.07) is 9.49. The highest BCUT2D eigenvalue weighted by Crippen LogP contribution is 2.15. The molecule has 90 valence electrons. The Bertz CT molecular complexity index is 502. The quantitative estimate of drug-likeness (QED) is 0.841. The summed E-state index contributed by atoms with van der Waals surface area (Å²) in [5.74, 6) is 0. The Labute approximate surface area is 101 Å². The van der Waals surface area contributed by atoms with Gasteiger partial charge in [-0.3, -0.25) is 0 Å². The lowest BCUT2D eigenvalue weighted by atomic mass is 10.1. The molecule has 0 amide bonds. The van der Waals surface area contributed by atoms with Gasteiger partial charge >= 0.3 is 0 Å². The Hall–Kier alpha value is -1.65. The largest absolute Gasteiger partial charge is 0.394 e. The maximum atomic E-state index is 8.98. The molecular weight excluding hydrogens is 214 g/mol. The smallest absolute Gasteiger partial charge is 0.0648 e. The van der Waals surface area contributed by atoms with Gasteiger partial charge in [0.2, 0.25) is 0 Å². The van der Waals surface area contributed by atoms with Gasteiger partial charge in [-0.2, -0.15) is 5.10 Å². The van der Waals surface area contributed by atoms with E-state index in [2.05, 4.69) is 5.10 Å². The van der Waals surface area contributed by atoms with Crippen LogP contribution < -0.4 is 5.73 Å². The molecule has 2 rings (SSSR count). The second-order valence-corrected chi connectivity index (χ2v) is 4.22. The summed E-state index contributed by atoms with van der Waals surface area (Å²) < 4.78 is 1.89. The molecule has 1 heterocycles. The molecule has 0 unspecified atom stereocenters. The first-order valence-corrected chi connectivity index (χ1v) is 5.62. The second-order valence-electron chi connectivity index (χ2n) is 4.22. The maximum absolute atomic E-state index is 8.98. The van der Waals surface area contributed by atoms with Crippen molar-refractivity contribution in [2.24, 2.45) is 5.73 Å². The number of aryl methyl sites for hydroxylation is 2. The van der Waals surface area contributed by atoms with Crippen molar-refractivity contribution in [1.82, 2.24) is 9.78 Å². The first-order valence-electron chi connectivity index (χ1n) is 5.62. The molecule has 17 heavy (non-hydrogen) atoms. The fraction of sp³-hybridized carbons (Fsp3) is 0.308. The lowest BCUT2D eigenvalue weighted by Gasteiger charge is -2.10. The third kappa shape index (κ3) is 2.38. The number of aliphatic hydroxyl groups excluding tert-OH is 1. The third-order valence-corrected chi connectivity index (χ3v) is 2.77. The minimum absolute atomic E-state index is 0.0424. The van der Waals surface area contributed by atoms with Gasteiger partial charge in [0.1, 0.15) is 0 Å². The molecule has 0 aliphatic rings. The van der Waals surface area contributed by atoms with Crippen LogP contribution in [-0.2, 0) is 0 Å². The van der Waals surface area contributed by atoms with E-state index in [4.69, 9.17) is 10.8 Å². The van der Waals surface area contributed by atoms with Crippen LogP contribution >= 0.6 is 0 Å². The van der Waals surface area contributed by atoms with Gasteiger partial charge in [0, 0.05) is 5.69 Å². The fourth-order valence-electron chi connectivity index (χ4n) is 1.86. The standard InChI is InChI=1S/C13H17N3O/c1-9-7-10(2)16(15-9)12-5-3-11(4-6-12)13(14)8-17/h3-7,13,17H,8,14H2,1-2H3/t13-/m0/s1. The van der Waals surface area contributed by atoms with Crippen LogP contribution in [-0.4, -0.2) is 21.5 Å². The van der Waals surface area contributed by atoms with E-state index >= 15 is 0 Å². The molecule has 0 aliphatic carbocycles. The minimum atomic E-state index is -0.315. The summed E-state index contributed by atoms with van der Waals surface area (Å²) in [6.07, 6.45) is 0. The molecule has 0 saturated heterocycles. The van der Waals surface area contributed by atoms with E-state index in [1.54, 1.807) is 0 Å². The monoisotopic (exact) mass is 231 g/mol. The van der Waals surface area contributed by atoms with Crippen LogP contribution in [0.2, 0.25) is 0 Å². The van der Waals surface area contributed by atoms with Crippen molar-refractivity contribution in [3.63, 3.8) is 0 Å². The predicted molar refractivity (Wildman–Crippen MR) is 67.1 cm³/mol. The molecule has 0 bridgehead atoms. The molecule has 0 aliphatic heterocycles. The highest BCUT2D eigenvalue weighted by atomic mass is 16.3. The molecule has 4 nitrogen and oxygen atoms in total. The Morgan fingerprint density at radius 2 is 1.94 bits per heavy atom. The summed E-state index contributed by atoms with van der Waals surface area (Å²) in [4.78, 5) is 0. The number of nitrogens with two attached hydrogens (primary N) is 1. The normalized spacial score (nSPS) is 12.7. The van der Waals surface area contributed by atoms with Crippen LogP contribution in [0.3, 0.4) is 0 Å². The molecule has 1 aromatic heterocycles. The average molecular weight is 231 g/mol. The molecule has 3 N–H and O–H groups in total. The Kier molecular flexibility index (Phi) is 3.26. The van der Waals surface area contributed by atoms with Crippen molar-refractivity contribution < 1.29 is 5.11 Å². The molecule has 4 heteroatoms. The van der Waals surface area contributed by atoms with Crippen molar-refractivity contribution in [1.29, 1.82) is 0 Å². The van der Waals surface area contributed by atoms with Gasteiger partial charge in [-0.15, -0.1) is 0 Å². The molecule has 0 radical (unpaired) electrons. The summed E-state index contributed by atoms with van der Waals surface area (Å²) in [6.45, 7) is 3.95. The second kappa shape index (κ2) is 4.69. The van der Waals surface area contributed by atoms with Crippen LogP contribution in [0.15, 0.2) is 30.3 Å².